The molecule has 6 nitrogen and oxygen atoms in total. The molecule has 0 aliphatic heterocycles. The van der Waals surface area contributed by atoms with Crippen LogP contribution in [0.3, 0.4) is 0 Å². The molecule has 8 heteroatoms. The van der Waals surface area contributed by atoms with Gasteiger partial charge in [0.15, 0.2) is 16.4 Å². The maximum atomic E-state index is 13.6. The highest BCUT2D eigenvalue weighted by molar-refractivity contribution is 7.90. The number of halogens is 1. The second kappa shape index (κ2) is 8.09. The van der Waals surface area contributed by atoms with Gasteiger partial charge in [-0.1, -0.05) is 18.2 Å². The summed E-state index contributed by atoms with van der Waals surface area (Å²) < 4.78 is 41.3. The highest BCUT2D eigenvalue weighted by Gasteiger charge is 2.16. The summed E-state index contributed by atoms with van der Waals surface area (Å²) >= 11 is 0. The van der Waals surface area contributed by atoms with Crippen molar-refractivity contribution in [3.05, 3.63) is 65.5 Å². The Kier molecular flexibility index (Phi) is 6.10. The number of esters is 1. The van der Waals surface area contributed by atoms with E-state index in [4.69, 9.17) is 4.74 Å². The third-order valence-electron chi connectivity index (χ3n) is 3.64. The number of hydrogen-bond acceptors (Lipinski definition) is 5. The third kappa shape index (κ3) is 5.13. The number of likely N-dealkylation sites (N-methyl/N-ethyl adjacent to an activating group) is 1. The molecule has 0 radical (unpaired) electrons. The topological polar surface area (TPSA) is 80.8 Å². The Hall–Kier alpha value is -2.74. The minimum atomic E-state index is -3.36. The molecular weight excluding hydrogens is 361 g/mol. The van der Waals surface area contributed by atoms with Crippen LogP contribution < -0.4 is 0 Å². The molecule has 0 spiro atoms. The average molecular weight is 379 g/mol. The molecule has 0 aliphatic carbocycles. The van der Waals surface area contributed by atoms with Crippen LogP contribution in [0.15, 0.2) is 53.4 Å². The van der Waals surface area contributed by atoms with Gasteiger partial charge in [0, 0.05) is 25.4 Å². The largest absolute Gasteiger partial charge is 0.452 e. The number of hydrogen-bond donors (Lipinski definition) is 0. The van der Waals surface area contributed by atoms with Crippen LogP contribution in [0, 0.1) is 5.82 Å². The maximum absolute atomic E-state index is 13.6. The molecule has 2 rings (SSSR count). The van der Waals surface area contributed by atoms with Crippen molar-refractivity contribution in [1.29, 1.82) is 0 Å². The van der Waals surface area contributed by atoms with Gasteiger partial charge in [-0.25, -0.2) is 17.6 Å². The standard InChI is InChI=1S/C18H18FNO5S/c1-20(11-14-5-3-4-6-16(14)19)17(21)12-25-18(22)13-7-9-15(10-8-13)26(2,23)24/h3-10H,11-12H2,1-2H3. The van der Waals surface area contributed by atoms with Gasteiger partial charge < -0.3 is 9.64 Å². The van der Waals surface area contributed by atoms with Gasteiger partial charge in [-0.2, -0.15) is 0 Å². The molecule has 0 bridgehead atoms. The first-order valence-electron chi connectivity index (χ1n) is 7.63. The molecule has 2 aromatic rings. The van der Waals surface area contributed by atoms with Crippen LogP contribution in [0.5, 0.6) is 0 Å². The van der Waals surface area contributed by atoms with Crippen molar-refractivity contribution in [2.24, 2.45) is 0 Å². The van der Waals surface area contributed by atoms with E-state index in [2.05, 4.69) is 0 Å². The third-order valence-corrected chi connectivity index (χ3v) is 4.76. The lowest BCUT2D eigenvalue weighted by atomic mass is 10.2. The molecule has 0 unspecified atom stereocenters. The Morgan fingerprint density at radius 2 is 1.69 bits per heavy atom. The second-order valence-corrected chi connectivity index (χ2v) is 7.73. The molecule has 0 fully saturated rings. The van der Waals surface area contributed by atoms with Gasteiger partial charge in [0.1, 0.15) is 5.82 Å². The van der Waals surface area contributed by atoms with E-state index in [-0.39, 0.29) is 17.0 Å². The summed E-state index contributed by atoms with van der Waals surface area (Å²) in [4.78, 5) is 25.3. The van der Waals surface area contributed by atoms with Crippen LogP contribution in [0.4, 0.5) is 4.39 Å². The summed E-state index contributed by atoms with van der Waals surface area (Å²) in [6.07, 6.45) is 1.06. The monoisotopic (exact) mass is 379 g/mol. The number of sulfone groups is 1. The van der Waals surface area contributed by atoms with Crippen LogP contribution in [-0.2, 0) is 25.9 Å². The van der Waals surface area contributed by atoms with E-state index in [9.17, 15) is 22.4 Å². The molecule has 26 heavy (non-hydrogen) atoms. The van der Waals surface area contributed by atoms with E-state index >= 15 is 0 Å². The van der Waals surface area contributed by atoms with Crippen LogP contribution in [-0.4, -0.2) is 45.1 Å². The van der Waals surface area contributed by atoms with Crippen molar-refractivity contribution in [3.63, 3.8) is 0 Å². The van der Waals surface area contributed by atoms with E-state index in [1.54, 1.807) is 18.2 Å². The molecule has 0 N–H and O–H groups in total. The number of carbonyl (C=O) groups is 2. The minimum Gasteiger partial charge on any atom is -0.452 e. The summed E-state index contributed by atoms with van der Waals surface area (Å²) in [7, 11) is -1.88. The highest BCUT2D eigenvalue weighted by atomic mass is 32.2. The molecule has 0 heterocycles. The minimum absolute atomic E-state index is 0.0477. The Morgan fingerprint density at radius 3 is 2.27 bits per heavy atom. The van der Waals surface area contributed by atoms with Crippen molar-refractivity contribution in [3.8, 4) is 0 Å². The summed E-state index contributed by atoms with van der Waals surface area (Å²) in [5, 5.41) is 0. The molecule has 1 amide bonds. The van der Waals surface area contributed by atoms with Gasteiger partial charge in [-0.05, 0) is 30.3 Å². The predicted octanol–water partition coefficient (Wildman–Crippen LogP) is 2.04. The SMILES string of the molecule is CN(Cc1ccccc1F)C(=O)COC(=O)c1ccc(S(C)(=O)=O)cc1. The summed E-state index contributed by atoms with van der Waals surface area (Å²) in [5.74, 6) is -1.66. The zero-order valence-electron chi connectivity index (χ0n) is 14.3. The Morgan fingerprint density at radius 1 is 1.08 bits per heavy atom. The molecule has 0 atom stereocenters. The van der Waals surface area contributed by atoms with Gasteiger partial charge >= 0.3 is 5.97 Å². The van der Waals surface area contributed by atoms with Gasteiger partial charge in [0.2, 0.25) is 0 Å². The number of nitrogens with zero attached hydrogens (tertiary/aromatic N) is 1. The zero-order chi connectivity index (χ0) is 19.3. The van der Waals surface area contributed by atoms with Gasteiger partial charge in [-0.15, -0.1) is 0 Å². The fourth-order valence-corrected chi connectivity index (χ4v) is 2.76. The Bertz CT molecular complexity index is 909. The number of rotatable bonds is 6. The first-order valence-corrected chi connectivity index (χ1v) is 9.52. The van der Waals surface area contributed by atoms with Gasteiger partial charge in [0.05, 0.1) is 10.5 Å². The maximum Gasteiger partial charge on any atom is 0.338 e. The van der Waals surface area contributed by atoms with E-state index in [0.29, 0.717) is 5.56 Å². The normalized spacial score (nSPS) is 11.0. The van der Waals surface area contributed by atoms with E-state index in [0.717, 1.165) is 6.26 Å². The lowest BCUT2D eigenvalue weighted by Crippen LogP contribution is -2.31. The first kappa shape index (κ1) is 19.6. The van der Waals surface area contributed by atoms with E-state index in [1.807, 2.05) is 0 Å². The van der Waals surface area contributed by atoms with Crippen LogP contribution in [0.2, 0.25) is 0 Å². The molecular formula is C18H18FNO5S. The molecule has 0 saturated heterocycles. The van der Waals surface area contributed by atoms with Crippen molar-refractivity contribution < 1.29 is 27.1 Å². The van der Waals surface area contributed by atoms with Gasteiger partial charge in [0.25, 0.3) is 5.91 Å². The lowest BCUT2D eigenvalue weighted by Gasteiger charge is -2.17. The van der Waals surface area contributed by atoms with Crippen LogP contribution in [0.25, 0.3) is 0 Å². The number of amides is 1. The molecule has 138 valence electrons. The highest BCUT2D eigenvalue weighted by Crippen LogP contribution is 2.12. The Balaban J connectivity index is 1.92. The summed E-state index contributed by atoms with van der Waals surface area (Å²) in [5.41, 5.74) is 0.480. The second-order valence-electron chi connectivity index (χ2n) is 5.71. The molecule has 2 aromatic carbocycles. The van der Waals surface area contributed by atoms with Crippen molar-refractivity contribution >= 4 is 21.7 Å². The zero-order valence-corrected chi connectivity index (χ0v) is 15.1. The van der Waals surface area contributed by atoms with Crippen LogP contribution in [0.1, 0.15) is 15.9 Å². The first-order chi connectivity index (χ1) is 12.2. The van der Waals surface area contributed by atoms with Gasteiger partial charge in [-0.3, -0.25) is 4.79 Å². The number of benzene rings is 2. The molecule has 0 aliphatic rings. The lowest BCUT2D eigenvalue weighted by molar-refractivity contribution is -0.133. The summed E-state index contributed by atoms with van der Waals surface area (Å²) in [6.45, 7) is -0.455. The van der Waals surface area contributed by atoms with Crippen molar-refractivity contribution in [2.45, 2.75) is 11.4 Å². The van der Waals surface area contributed by atoms with E-state index in [1.165, 1.54) is 42.3 Å². The summed E-state index contributed by atoms with van der Waals surface area (Å²) in [6, 6.07) is 11.3. The molecule has 0 saturated carbocycles. The smallest absolute Gasteiger partial charge is 0.338 e. The molecule has 0 aromatic heterocycles. The number of carbonyl (C=O) groups excluding carboxylic acids is 2. The fraction of sp³-hybridized carbons (Fsp3) is 0.222. The van der Waals surface area contributed by atoms with E-state index < -0.39 is 34.1 Å². The van der Waals surface area contributed by atoms with Crippen LogP contribution >= 0.6 is 0 Å². The average Bonchev–Trinajstić information content (AvgIpc) is 2.60. The van der Waals surface area contributed by atoms with Crippen molar-refractivity contribution in [1.82, 2.24) is 4.90 Å². The predicted molar refractivity (Wildman–Crippen MR) is 92.7 cm³/mol. The van der Waals surface area contributed by atoms with Crippen molar-refractivity contribution in [2.75, 3.05) is 19.9 Å². The quantitative estimate of drug-likeness (QED) is 0.718. The number of ether oxygens (including phenoxy) is 1. The Labute approximate surface area is 151 Å². The fourth-order valence-electron chi connectivity index (χ4n) is 2.13.